The molecular weight excluding hydrogens is 333 g/mol. The zero-order valence-electron chi connectivity index (χ0n) is 12.9. The fourth-order valence-corrected chi connectivity index (χ4v) is 3.42. The molecule has 0 radical (unpaired) electrons. The summed E-state index contributed by atoms with van der Waals surface area (Å²) in [6, 6.07) is 4.56. The van der Waals surface area contributed by atoms with Gasteiger partial charge < -0.3 is 5.32 Å². The fourth-order valence-electron chi connectivity index (χ4n) is 3.04. The van der Waals surface area contributed by atoms with E-state index in [0.717, 1.165) is 25.7 Å². The predicted octanol–water partition coefficient (Wildman–Crippen LogP) is 5.38. The van der Waals surface area contributed by atoms with Crippen molar-refractivity contribution in [2.75, 3.05) is 5.32 Å². The van der Waals surface area contributed by atoms with E-state index < -0.39 is 0 Å². The molecule has 1 aliphatic rings. The molecule has 1 fully saturated rings. The van der Waals surface area contributed by atoms with Crippen molar-refractivity contribution in [1.82, 2.24) is 0 Å². The van der Waals surface area contributed by atoms with E-state index in [4.69, 9.17) is 0 Å². The summed E-state index contributed by atoms with van der Waals surface area (Å²) in [6.07, 6.45) is 4.09. The maximum atomic E-state index is 13.2. The highest BCUT2D eigenvalue weighted by molar-refractivity contribution is 9.10. The van der Waals surface area contributed by atoms with E-state index >= 15 is 0 Å². The Balaban J connectivity index is 1.92. The van der Waals surface area contributed by atoms with Gasteiger partial charge in [-0.1, -0.05) is 20.8 Å². The standard InChI is InChI=1S/C17H23BrFNO/c1-17(2,3)12-6-4-11(5-7-12)16(21)20-13-8-9-15(19)14(18)10-13/h8-12H,4-7H2,1-3H3,(H,20,21). The number of hydrogen-bond acceptors (Lipinski definition) is 1. The van der Waals surface area contributed by atoms with E-state index in [1.807, 2.05) is 0 Å². The molecule has 0 heterocycles. The molecule has 1 amide bonds. The van der Waals surface area contributed by atoms with Gasteiger partial charge in [-0.2, -0.15) is 0 Å². The number of rotatable bonds is 2. The minimum absolute atomic E-state index is 0.0564. The van der Waals surface area contributed by atoms with Crippen LogP contribution in [0, 0.1) is 23.1 Å². The topological polar surface area (TPSA) is 29.1 Å². The Labute approximate surface area is 134 Å². The summed E-state index contributed by atoms with van der Waals surface area (Å²) in [7, 11) is 0. The van der Waals surface area contributed by atoms with Gasteiger partial charge in [0.15, 0.2) is 0 Å². The second-order valence-corrected chi connectivity index (χ2v) is 7.89. The molecule has 2 rings (SSSR count). The van der Waals surface area contributed by atoms with Crippen LogP contribution in [-0.2, 0) is 4.79 Å². The van der Waals surface area contributed by atoms with Crippen LogP contribution in [0.5, 0.6) is 0 Å². The number of anilines is 1. The first-order chi connectivity index (χ1) is 9.77. The molecule has 0 unspecified atom stereocenters. The first-order valence-corrected chi connectivity index (χ1v) is 8.32. The van der Waals surface area contributed by atoms with Crippen molar-refractivity contribution in [1.29, 1.82) is 0 Å². The van der Waals surface area contributed by atoms with Crippen LogP contribution in [0.1, 0.15) is 46.5 Å². The van der Waals surface area contributed by atoms with E-state index in [1.165, 1.54) is 6.07 Å². The lowest BCUT2D eigenvalue weighted by atomic mass is 9.69. The minimum atomic E-state index is -0.321. The molecule has 0 bridgehead atoms. The van der Waals surface area contributed by atoms with Gasteiger partial charge >= 0.3 is 0 Å². The van der Waals surface area contributed by atoms with Crippen LogP contribution < -0.4 is 5.32 Å². The Hall–Kier alpha value is -0.900. The number of benzene rings is 1. The molecule has 1 aliphatic carbocycles. The maximum Gasteiger partial charge on any atom is 0.227 e. The highest BCUT2D eigenvalue weighted by Gasteiger charge is 2.32. The largest absolute Gasteiger partial charge is 0.326 e. The highest BCUT2D eigenvalue weighted by atomic mass is 79.9. The van der Waals surface area contributed by atoms with E-state index in [-0.39, 0.29) is 17.6 Å². The fraction of sp³-hybridized carbons (Fsp3) is 0.588. The Morgan fingerprint density at radius 3 is 2.38 bits per heavy atom. The summed E-state index contributed by atoms with van der Waals surface area (Å²) in [6.45, 7) is 6.82. The zero-order chi connectivity index (χ0) is 15.6. The first-order valence-electron chi connectivity index (χ1n) is 7.53. The van der Waals surface area contributed by atoms with Gasteiger partial charge in [0.1, 0.15) is 5.82 Å². The van der Waals surface area contributed by atoms with Crippen molar-refractivity contribution in [2.24, 2.45) is 17.3 Å². The molecule has 0 spiro atoms. The summed E-state index contributed by atoms with van der Waals surface area (Å²) >= 11 is 3.14. The summed E-state index contributed by atoms with van der Waals surface area (Å²) in [5.74, 6) is 0.508. The van der Waals surface area contributed by atoms with Gasteiger partial charge in [0.2, 0.25) is 5.91 Å². The summed E-state index contributed by atoms with van der Waals surface area (Å²) < 4.78 is 13.6. The van der Waals surface area contributed by atoms with E-state index in [1.54, 1.807) is 12.1 Å². The van der Waals surface area contributed by atoms with Crippen LogP contribution in [0.25, 0.3) is 0 Å². The highest BCUT2D eigenvalue weighted by Crippen LogP contribution is 2.40. The van der Waals surface area contributed by atoms with Gasteiger partial charge in [0, 0.05) is 11.6 Å². The van der Waals surface area contributed by atoms with Gasteiger partial charge in [-0.25, -0.2) is 4.39 Å². The molecule has 0 atom stereocenters. The first kappa shape index (κ1) is 16.5. The second-order valence-electron chi connectivity index (χ2n) is 7.03. The van der Waals surface area contributed by atoms with Gasteiger partial charge in [-0.05, 0) is 71.1 Å². The van der Waals surface area contributed by atoms with Crippen LogP contribution in [-0.4, -0.2) is 5.91 Å². The summed E-state index contributed by atoms with van der Waals surface area (Å²) in [5.41, 5.74) is 0.967. The van der Waals surface area contributed by atoms with Crippen LogP contribution in [0.2, 0.25) is 0 Å². The van der Waals surface area contributed by atoms with Crippen LogP contribution in [0.4, 0.5) is 10.1 Å². The number of amides is 1. The van der Waals surface area contributed by atoms with Crippen molar-refractivity contribution < 1.29 is 9.18 Å². The van der Waals surface area contributed by atoms with Crippen molar-refractivity contribution >= 4 is 27.5 Å². The van der Waals surface area contributed by atoms with E-state index in [0.29, 0.717) is 21.5 Å². The van der Waals surface area contributed by atoms with Crippen molar-refractivity contribution in [3.63, 3.8) is 0 Å². The lowest BCUT2D eigenvalue weighted by molar-refractivity contribution is -0.121. The Morgan fingerprint density at radius 1 is 1.24 bits per heavy atom. The Bertz CT molecular complexity index is 516. The Kier molecular flexibility index (Phi) is 5.07. The molecular formula is C17H23BrFNO. The van der Waals surface area contributed by atoms with E-state index in [9.17, 15) is 9.18 Å². The number of carbonyl (C=O) groups excluding carboxylic acids is 1. The Morgan fingerprint density at radius 2 is 1.86 bits per heavy atom. The monoisotopic (exact) mass is 355 g/mol. The molecule has 2 nitrogen and oxygen atoms in total. The lowest BCUT2D eigenvalue weighted by Crippen LogP contribution is -2.31. The smallest absolute Gasteiger partial charge is 0.227 e. The summed E-state index contributed by atoms with van der Waals surface area (Å²) in [4.78, 5) is 12.3. The summed E-state index contributed by atoms with van der Waals surface area (Å²) in [5, 5.41) is 2.90. The molecule has 1 saturated carbocycles. The van der Waals surface area contributed by atoms with Gasteiger partial charge in [0.05, 0.1) is 4.47 Å². The number of halogens is 2. The third kappa shape index (κ3) is 4.29. The van der Waals surface area contributed by atoms with Crippen molar-refractivity contribution in [3.05, 3.63) is 28.5 Å². The van der Waals surface area contributed by atoms with Crippen molar-refractivity contribution in [2.45, 2.75) is 46.5 Å². The molecule has 0 aliphatic heterocycles. The van der Waals surface area contributed by atoms with Gasteiger partial charge in [-0.15, -0.1) is 0 Å². The molecule has 4 heteroatoms. The molecule has 0 saturated heterocycles. The quantitative estimate of drug-likeness (QED) is 0.757. The van der Waals surface area contributed by atoms with Crippen molar-refractivity contribution in [3.8, 4) is 0 Å². The van der Waals surface area contributed by atoms with Crippen LogP contribution in [0.3, 0.4) is 0 Å². The molecule has 116 valence electrons. The third-order valence-corrected chi connectivity index (χ3v) is 5.12. The predicted molar refractivity (Wildman–Crippen MR) is 87.6 cm³/mol. The van der Waals surface area contributed by atoms with E-state index in [2.05, 4.69) is 42.0 Å². The van der Waals surface area contributed by atoms with Crippen LogP contribution >= 0.6 is 15.9 Å². The lowest BCUT2D eigenvalue weighted by Gasteiger charge is -2.36. The third-order valence-electron chi connectivity index (χ3n) is 4.51. The molecule has 1 aromatic carbocycles. The van der Waals surface area contributed by atoms with Crippen LogP contribution in [0.15, 0.2) is 22.7 Å². The number of hydrogen-bond donors (Lipinski definition) is 1. The van der Waals surface area contributed by atoms with Gasteiger partial charge in [0.25, 0.3) is 0 Å². The molecule has 1 N–H and O–H groups in total. The zero-order valence-corrected chi connectivity index (χ0v) is 14.5. The van der Waals surface area contributed by atoms with Gasteiger partial charge in [-0.3, -0.25) is 4.79 Å². The molecule has 1 aromatic rings. The number of carbonyl (C=O) groups is 1. The molecule has 0 aromatic heterocycles. The number of nitrogens with one attached hydrogen (secondary N) is 1. The minimum Gasteiger partial charge on any atom is -0.326 e. The second kappa shape index (κ2) is 6.47. The normalized spacial score (nSPS) is 22.9. The maximum absolute atomic E-state index is 13.2. The average Bonchev–Trinajstić information content (AvgIpc) is 2.42. The molecule has 21 heavy (non-hydrogen) atoms. The average molecular weight is 356 g/mol. The SMILES string of the molecule is CC(C)(C)C1CCC(C(=O)Nc2ccc(F)c(Br)c2)CC1.